The van der Waals surface area contributed by atoms with Crippen LogP contribution in [0.5, 0.6) is 0 Å². The van der Waals surface area contributed by atoms with Crippen molar-refractivity contribution < 1.29 is 9.18 Å². The normalized spacial score (nSPS) is 10.5. The number of nitrogens with one attached hydrogen (secondary N) is 1. The van der Waals surface area contributed by atoms with Gasteiger partial charge in [0.25, 0.3) is 5.91 Å². The molecule has 2 aromatic carbocycles. The highest BCUT2D eigenvalue weighted by molar-refractivity contribution is 9.10. The van der Waals surface area contributed by atoms with E-state index in [1.807, 2.05) is 0 Å². The van der Waals surface area contributed by atoms with Gasteiger partial charge in [-0.3, -0.25) is 9.78 Å². The monoisotopic (exact) mass is 404 g/mol. The first-order valence-corrected chi connectivity index (χ1v) is 8.18. The summed E-state index contributed by atoms with van der Waals surface area (Å²) in [6.07, 6.45) is 1.45. The van der Waals surface area contributed by atoms with Crippen molar-refractivity contribution >= 4 is 39.1 Å². The summed E-state index contributed by atoms with van der Waals surface area (Å²) in [4.78, 5) is 16.5. The number of carbonyl (C=O) groups excluding carboxylic acids is 1. The molecule has 1 amide bonds. The molecule has 0 aliphatic rings. The van der Waals surface area contributed by atoms with E-state index in [1.54, 1.807) is 42.5 Å². The van der Waals surface area contributed by atoms with Crippen molar-refractivity contribution in [3.05, 3.63) is 81.7 Å². The van der Waals surface area contributed by atoms with Gasteiger partial charge in [0.05, 0.1) is 16.3 Å². The van der Waals surface area contributed by atoms with Gasteiger partial charge >= 0.3 is 0 Å². The molecule has 0 saturated carbocycles. The zero-order valence-corrected chi connectivity index (χ0v) is 14.6. The summed E-state index contributed by atoms with van der Waals surface area (Å²) < 4.78 is 14.0. The van der Waals surface area contributed by atoms with Crippen molar-refractivity contribution in [2.75, 3.05) is 5.32 Å². The molecule has 0 aliphatic carbocycles. The van der Waals surface area contributed by atoms with Crippen LogP contribution in [0.4, 0.5) is 10.1 Å². The summed E-state index contributed by atoms with van der Waals surface area (Å²) in [5.74, 6) is -0.630. The van der Waals surface area contributed by atoms with E-state index in [2.05, 4.69) is 26.2 Å². The van der Waals surface area contributed by atoms with Crippen LogP contribution in [0.1, 0.15) is 10.4 Å². The number of aromatic nitrogens is 1. The molecule has 0 aliphatic heterocycles. The van der Waals surface area contributed by atoms with Crippen LogP contribution < -0.4 is 5.32 Å². The van der Waals surface area contributed by atoms with Crippen LogP contribution >= 0.6 is 27.5 Å². The topological polar surface area (TPSA) is 42.0 Å². The third-order valence-electron chi connectivity index (χ3n) is 3.32. The van der Waals surface area contributed by atoms with Crippen LogP contribution in [0.25, 0.3) is 11.3 Å². The third kappa shape index (κ3) is 3.80. The first kappa shape index (κ1) is 16.6. The van der Waals surface area contributed by atoms with E-state index in [0.29, 0.717) is 27.5 Å². The minimum atomic E-state index is -0.330. The van der Waals surface area contributed by atoms with Crippen molar-refractivity contribution in [1.29, 1.82) is 0 Å². The van der Waals surface area contributed by atoms with Gasteiger partial charge in [-0.25, -0.2) is 4.39 Å². The largest absolute Gasteiger partial charge is 0.322 e. The van der Waals surface area contributed by atoms with Crippen LogP contribution in [-0.2, 0) is 0 Å². The maximum absolute atomic E-state index is 13.3. The van der Waals surface area contributed by atoms with Crippen LogP contribution in [0.2, 0.25) is 5.02 Å². The van der Waals surface area contributed by atoms with E-state index in [1.165, 1.54) is 18.3 Å². The van der Waals surface area contributed by atoms with Gasteiger partial charge in [0, 0.05) is 21.9 Å². The van der Waals surface area contributed by atoms with E-state index >= 15 is 0 Å². The molecule has 1 aromatic heterocycles. The molecule has 0 unspecified atom stereocenters. The Labute approximate surface area is 151 Å². The van der Waals surface area contributed by atoms with Crippen molar-refractivity contribution in [3.63, 3.8) is 0 Å². The quantitative estimate of drug-likeness (QED) is 0.620. The zero-order valence-electron chi connectivity index (χ0n) is 12.3. The Bertz CT molecular complexity index is 900. The fourth-order valence-corrected chi connectivity index (χ4v) is 2.55. The first-order chi connectivity index (χ1) is 11.5. The van der Waals surface area contributed by atoms with E-state index in [-0.39, 0.29) is 11.7 Å². The summed E-state index contributed by atoms with van der Waals surface area (Å²) in [5.41, 5.74) is 2.23. The summed E-state index contributed by atoms with van der Waals surface area (Å²) in [6.45, 7) is 0. The molecule has 3 aromatic rings. The van der Waals surface area contributed by atoms with E-state index in [9.17, 15) is 9.18 Å². The van der Waals surface area contributed by atoms with Crippen LogP contribution in [-0.4, -0.2) is 10.9 Å². The number of nitrogens with zero attached hydrogens (tertiary/aromatic N) is 1. The molecule has 0 bridgehead atoms. The SMILES string of the molecule is O=C(Nc1ccc(Br)c(Cl)c1)c1ccc(-c2cccc(F)c2)nc1. The summed E-state index contributed by atoms with van der Waals surface area (Å²) in [7, 11) is 0. The van der Waals surface area contributed by atoms with Crippen molar-refractivity contribution in [3.8, 4) is 11.3 Å². The van der Waals surface area contributed by atoms with E-state index < -0.39 is 0 Å². The van der Waals surface area contributed by atoms with Gasteiger partial charge in [0.2, 0.25) is 0 Å². The first-order valence-electron chi connectivity index (χ1n) is 7.01. The van der Waals surface area contributed by atoms with Crippen LogP contribution in [0.15, 0.2) is 65.3 Å². The molecule has 0 spiro atoms. The molecule has 24 heavy (non-hydrogen) atoms. The lowest BCUT2D eigenvalue weighted by Gasteiger charge is -2.07. The Morgan fingerprint density at radius 1 is 1.12 bits per heavy atom. The highest BCUT2D eigenvalue weighted by Gasteiger charge is 2.09. The summed E-state index contributed by atoms with van der Waals surface area (Å²) >= 11 is 9.30. The smallest absolute Gasteiger partial charge is 0.257 e. The predicted octanol–water partition coefficient (Wildman–Crippen LogP) is 5.56. The molecular weight excluding hydrogens is 395 g/mol. The standard InChI is InChI=1S/C18H11BrClFN2O/c19-15-6-5-14(9-16(15)20)23-18(24)12-4-7-17(22-10-12)11-2-1-3-13(21)8-11/h1-10H,(H,23,24). The van der Waals surface area contributed by atoms with Gasteiger partial charge in [-0.2, -0.15) is 0 Å². The number of benzene rings is 2. The number of hydrogen-bond acceptors (Lipinski definition) is 2. The van der Waals surface area contributed by atoms with Gasteiger partial charge < -0.3 is 5.32 Å². The van der Waals surface area contributed by atoms with Crippen molar-refractivity contribution in [2.45, 2.75) is 0 Å². The van der Waals surface area contributed by atoms with Crippen LogP contribution in [0, 0.1) is 5.82 Å². The number of halogens is 3. The Morgan fingerprint density at radius 3 is 2.62 bits per heavy atom. The van der Waals surface area contributed by atoms with Gasteiger partial charge in [-0.05, 0) is 58.4 Å². The number of hydrogen-bond donors (Lipinski definition) is 1. The fraction of sp³-hybridized carbons (Fsp3) is 0. The Kier molecular flexibility index (Phi) is 4.92. The molecule has 6 heteroatoms. The van der Waals surface area contributed by atoms with Crippen LogP contribution in [0.3, 0.4) is 0 Å². The average Bonchev–Trinajstić information content (AvgIpc) is 2.58. The lowest BCUT2D eigenvalue weighted by molar-refractivity contribution is 0.102. The predicted molar refractivity (Wildman–Crippen MR) is 96.7 cm³/mol. The Morgan fingerprint density at radius 2 is 1.96 bits per heavy atom. The Hall–Kier alpha value is -2.24. The lowest BCUT2D eigenvalue weighted by Crippen LogP contribution is -2.12. The van der Waals surface area contributed by atoms with Gasteiger partial charge in [0.1, 0.15) is 5.82 Å². The molecule has 3 rings (SSSR count). The highest BCUT2D eigenvalue weighted by Crippen LogP contribution is 2.26. The minimum Gasteiger partial charge on any atom is -0.322 e. The molecule has 0 fully saturated rings. The lowest BCUT2D eigenvalue weighted by atomic mass is 10.1. The highest BCUT2D eigenvalue weighted by atomic mass is 79.9. The molecule has 3 nitrogen and oxygen atoms in total. The second-order valence-corrected chi connectivity index (χ2v) is 6.29. The number of pyridine rings is 1. The van der Waals surface area contributed by atoms with Gasteiger partial charge in [0.15, 0.2) is 0 Å². The molecular formula is C18H11BrClFN2O. The third-order valence-corrected chi connectivity index (χ3v) is 4.56. The van der Waals surface area contributed by atoms with Gasteiger partial charge in [-0.15, -0.1) is 0 Å². The maximum Gasteiger partial charge on any atom is 0.257 e. The zero-order chi connectivity index (χ0) is 17.1. The summed E-state index contributed by atoms with van der Waals surface area (Å²) in [6, 6.07) is 14.6. The number of amides is 1. The number of anilines is 1. The summed E-state index contributed by atoms with van der Waals surface area (Å²) in [5, 5.41) is 3.26. The van der Waals surface area contributed by atoms with Crippen molar-refractivity contribution in [1.82, 2.24) is 4.98 Å². The second-order valence-electron chi connectivity index (χ2n) is 5.03. The number of carbonyl (C=O) groups is 1. The van der Waals surface area contributed by atoms with Gasteiger partial charge in [-0.1, -0.05) is 23.7 Å². The van der Waals surface area contributed by atoms with E-state index in [0.717, 1.165) is 4.47 Å². The molecule has 1 N–H and O–H groups in total. The number of rotatable bonds is 3. The van der Waals surface area contributed by atoms with E-state index in [4.69, 9.17) is 11.6 Å². The molecule has 1 heterocycles. The Balaban J connectivity index is 1.77. The fourth-order valence-electron chi connectivity index (χ4n) is 2.12. The molecule has 0 saturated heterocycles. The molecule has 0 atom stereocenters. The average molecular weight is 406 g/mol. The second kappa shape index (κ2) is 7.11. The van der Waals surface area contributed by atoms with Crippen molar-refractivity contribution in [2.24, 2.45) is 0 Å². The minimum absolute atomic E-state index is 0.299. The molecule has 120 valence electrons. The maximum atomic E-state index is 13.3. The molecule has 0 radical (unpaired) electrons.